The van der Waals surface area contributed by atoms with Crippen molar-refractivity contribution in [1.29, 1.82) is 21.0 Å². The van der Waals surface area contributed by atoms with Crippen LogP contribution in [0.4, 0.5) is 0 Å². The number of allylic oxidation sites excluding steroid dienone is 6. The Kier molecular flexibility index (Phi) is 20.0. The first kappa shape index (κ1) is 67.8. The maximum atomic E-state index is 14.8. The Labute approximate surface area is 605 Å². The molecule has 4 heterocycles. The summed E-state index contributed by atoms with van der Waals surface area (Å²) in [5.74, 6) is -0.401. The molecule has 14 rings (SSSR count). The van der Waals surface area contributed by atoms with Gasteiger partial charge in [-0.05, 0) is 142 Å². The highest BCUT2D eigenvalue weighted by Crippen LogP contribution is 2.70. The Morgan fingerprint density at radius 3 is 0.930 bits per heavy atom. The quantitative estimate of drug-likeness (QED) is 0.0302. The van der Waals surface area contributed by atoms with Crippen molar-refractivity contribution >= 4 is 89.6 Å². The molecule has 10 heteroatoms. The number of hydrogen-bond acceptors (Lipinski definition) is 10. The van der Waals surface area contributed by atoms with Gasteiger partial charge in [-0.3, -0.25) is 9.59 Å². The van der Waals surface area contributed by atoms with E-state index in [2.05, 4.69) is 161 Å². The molecule has 0 radical (unpaired) electrons. The van der Waals surface area contributed by atoms with E-state index in [0.717, 1.165) is 104 Å². The van der Waals surface area contributed by atoms with Gasteiger partial charge in [-0.1, -0.05) is 250 Å². The Hall–Kier alpha value is -9.36. The first-order valence-electron chi connectivity index (χ1n) is 36.2. The normalized spacial score (nSPS) is 15.0. The summed E-state index contributed by atoms with van der Waals surface area (Å²) < 4.78 is 2.45. The van der Waals surface area contributed by atoms with Crippen LogP contribution in [0.5, 0.6) is 0 Å². The smallest absolute Gasteiger partial charge is 0.194 e. The predicted octanol–water partition coefficient (Wildman–Crippen LogP) is 24.5. The van der Waals surface area contributed by atoms with Crippen molar-refractivity contribution in [2.24, 2.45) is 0 Å². The van der Waals surface area contributed by atoms with Gasteiger partial charge in [-0.15, -0.1) is 45.3 Å². The minimum atomic E-state index is -0.850. The average molecular weight is 1380 g/mol. The van der Waals surface area contributed by atoms with E-state index in [1.165, 1.54) is 130 Å². The van der Waals surface area contributed by atoms with Crippen LogP contribution in [0.15, 0.2) is 180 Å². The molecule has 0 unspecified atom stereocenters. The lowest BCUT2D eigenvalue weighted by atomic mass is 9.67. The maximum Gasteiger partial charge on any atom is 0.194 e. The molecule has 4 aromatic heterocycles. The van der Waals surface area contributed by atoms with Gasteiger partial charge in [0.05, 0.1) is 39.7 Å². The number of benzene rings is 6. The number of ketones is 2. The van der Waals surface area contributed by atoms with Gasteiger partial charge in [-0.2, -0.15) is 21.0 Å². The van der Waals surface area contributed by atoms with E-state index >= 15 is 0 Å². The lowest BCUT2D eigenvalue weighted by Gasteiger charge is -2.34. The molecule has 6 aromatic carbocycles. The number of unbranched alkanes of at least 4 members (excludes halogenated alkanes) is 12. The van der Waals surface area contributed by atoms with Gasteiger partial charge >= 0.3 is 0 Å². The van der Waals surface area contributed by atoms with Gasteiger partial charge in [0, 0.05) is 54.3 Å². The first-order valence-corrected chi connectivity index (χ1v) is 39.4. The molecule has 100 heavy (non-hydrogen) atoms. The van der Waals surface area contributed by atoms with Crippen molar-refractivity contribution in [1.82, 2.24) is 0 Å². The molecule has 496 valence electrons. The van der Waals surface area contributed by atoms with E-state index in [1.54, 1.807) is 34.8 Å². The number of carbonyl (C=O) groups excluding carboxylic acids is 2. The molecule has 4 aliphatic carbocycles. The molecule has 0 N–H and O–H groups in total. The molecule has 6 nitrogen and oxygen atoms in total. The topological polar surface area (TPSA) is 129 Å². The third-order valence-corrected chi connectivity index (χ3v) is 26.3. The first-order chi connectivity index (χ1) is 49.1. The number of hydrogen-bond donors (Lipinski definition) is 0. The zero-order valence-corrected chi connectivity index (χ0v) is 60.8. The zero-order valence-electron chi connectivity index (χ0n) is 57.5. The van der Waals surface area contributed by atoms with Gasteiger partial charge in [0.25, 0.3) is 0 Å². The van der Waals surface area contributed by atoms with Crippen molar-refractivity contribution in [2.45, 2.75) is 167 Å². The molecular weight excluding hydrogens is 1300 g/mol. The van der Waals surface area contributed by atoms with Crippen molar-refractivity contribution in [3.8, 4) is 43.8 Å². The summed E-state index contributed by atoms with van der Waals surface area (Å²) in [6.07, 6.45) is 26.6. The van der Waals surface area contributed by atoms with Crippen molar-refractivity contribution in [3.05, 3.63) is 279 Å². The fraction of sp³-hybridized carbons (Fsp3) is 0.289. The second-order valence-electron chi connectivity index (χ2n) is 27.4. The lowest BCUT2D eigenvalue weighted by molar-refractivity contribution is 0.103. The fourth-order valence-electron chi connectivity index (χ4n) is 16.3. The van der Waals surface area contributed by atoms with Crippen LogP contribution >= 0.6 is 45.3 Å². The van der Waals surface area contributed by atoms with Gasteiger partial charge in [0.1, 0.15) is 35.4 Å². The molecule has 0 fully saturated rings. The summed E-state index contributed by atoms with van der Waals surface area (Å²) in [5, 5.41) is 42.0. The molecule has 4 aliphatic rings. The number of rotatable bonds is 26. The number of Topliss-reactive ketones (excluding diaryl/α,β-unsaturated/α-hetero) is 2. The highest BCUT2D eigenvalue weighted by Gasteiger charge is 2.55. The Morgan fingerprint density at radius 1 is 0.360 bits per heavy atom. The molecule has 0 spiro atoms. The van der Waals surface area contributed by atoms with E-state index in [9.17, 15) is 30.6 Å². The summed E-state index contributed by atoms with van der Waals surface area (Å²) in [6.45, 7) is 9.04. The van der Waals surface area contributed by atoms with Crippen LogP contribution in [0.2, 0.25) is 0 Å². The van der Waals surface area contributed by atoms with Crippen LogP contribution in [-0.4, -0.2) is 11.6 Å². The van der Waals surface area contributed by atoms with Crippen LogP contribution < -0.4 is 0 Å². The monoisotopic (exact) mass is 1380 g/mol. The highest BCUT2D eigenvalue weighted by molar-refractivity contribution is 7.34. The van der Waals surface area contributed by atoms with Gasteiger partial charge in [0.15, 0.2) is 11.6 Å². The number of carbonyl (C=O) groups is 2. The third kappa shape index (κ3) is 11.8. The van der Waals surface area contributed by atoms with E-state index in [1.807, 2.05) is 71.2 Å². The summed E-state index contributed by atoms with van der Waals surface area (Å²) in [6, 6.07) is 65.9. The van der Waals surface area contributed by atoms with E-state index in [4.69, 9.17) is 0 Å². The number of thiophene rings is 4. The van der Waals surface area contributed by atoms with Crippen LogP contribution in [0.25, 0.3) is 52.2 Å². The van der Waals surface area contributed by atoms with Gasteiger partial charge in [-0.25, -0.2) is 0 Å². The second kappa shape index (κ2) is 29.5. The molecule has 0 aliphatic heterocycles. The number of aryl methyl sites for hydroxylation is 4. The number of nitriles is 4. The van der Waals surface area contributed by atoms with Gasteiger partial charge < -0.3 is 0 Å². The molecular formula is C90H80N4O2S4. The van der Waals surface area contributed by atoms with Crippen molar-refractivity contribution in [2.75, 3.05) is 0 Å². The predicted molar refractivity (Wildman–Crippen MR) is 415 cm³/mol. The minimum Gasteiger partial charge on any atom is -0.289 e. The van der Waals surface area contributed by atoms with Crippen LogP contribution in [0, 0.1) is 45.3 Å². The average Bonchev–Trinajstić information content (AvgIpc) is 1.49. The largest absolute Gasteiger partial charge is 0.289 e. The third-order valence-electron chi connectivity index (χ3n) is 21.2. The molecule has 0 bridgehead atoms. The minimum absolute atomic E-state index is 0.0856. The lowest BCUT2D eigenvalue weighted by Crippen LogP contribution is -2.29. The summed E-state index contributed by atoms with van der Waals surface area (Å²) >= 11 is 7.14. The van der Waals surface area contributed by atoms with E-state index in [0.29, 0.717) is 44.5 Å². The molecule has 0 amide bonds. The highest BCUT2D eigenvalue weighted by atomic mass is 32.1. The Balaban J connectivity index is 1.06. The zero-order chi connectivity index (χ0) is 69.1. The number of nitrogens with zero attached hydrogens (tertiary/aromatic N) is 4. The van der Waals surface area contributed by atoms with E-state index < -0.39 is 10.8 Å². The second-order valence-corrected chi connectivity index (χ2v) is 31.6. The molecule has 0 saturated carbocycles. The van der Waals surface area contributed by atoms with Crippen LogP contribution in [0.3, 0.4) is 0 Å². The van der Waals surface area contributed by atoms with Crippen LogP contribution in [-0.2, 0) is 36.5 Å². The maximum absolute atomic E-state index is 14.8. The molecule has 0 saturated heterocycles. The van der Waals surface area contributed by atoms with Crippen LogP contribution in [0.1, 0.15) is 239 Å². The van der Waals surface area contributed by atoms with E-state index in [-0.39, 0.29) is 22.7 Å². The summed E-state index contributed by atoms with van der Waals surface area (Å²) in [7, 11) is 0. The molecule has 10 aromatic rings. The fourth-order valence-corrected chi connectivity index (χ4v) is 22.0. The van der Waals surface area contributed by atoms with Gasteiger partial charge in [0.2, 0.25) is 0 Å². The Morgan fingerprint density at radius 2 is 0.650 bits per heavy atom. The Bertz CT molecular complexity index is 4670. The number of fused-ring (bicyclic) bond motifs is 11. The van der Waals surface area contributed by atoms with Crippen molar-refractivity contribution < 1.29 is 9.59 Å². The summed E-state index contributed by atoms with van der Waals surface area (Å²) in [5.41, 5.74) is 16.4. The molecule has 0 atom stereocenters. The van der Waals surface area contributed by atoms with Crippen molar-refractivity contribution in [3.63, 3.8) is 0 Å². The summed E-state index contributed by atoms with van der Waals surface area (Å²) in [4.78, 5) is 36.0. The standard InChI is InChI=1S/C90H80N4O2S4/c1-5-9-13-17-25-57-33-41-63(42-34-57)89(64-43-35-58(36-44-64)26-18-14-10-6-2)75-51-67(49-73-77(61(53-91)54-92)69-29-21-23-31-71(69)81(73)95)97-83(75)85-79(89)87-88(99-85)80-86(100-87)84-76(52-68(98-84)50-74-78(62(55-93)56-94)70-30-22-24-32-72(70)82(74)96)90(80,65-45-37-59(38-46-65)27-19-15-11-7-3)66-47-39-60(40-48-66)28-20-16-12-8-4/h21-24,29-52H,5-20,25-28H2,1-4H3/b73-49+,74-50+. The SMILES string of the molecule is CCCCCCc1ccc(C2(c3ccc(CCCCCC)cc3)c3cc(/C=C4/C(=O)c5ccccc5C4=C(C#N)C#N)sc3-c3sc4c5c(sc4c32)-c2sc(/C=C3/C(=O)c4ccccc4C3=C(C#N)C#N)cc2C5(c2ccc(CCCCCC)cc2)c2ccc(CCCCCC)cc2)cc1.